The Bertz CT molecular complexity index is 1680. The lowest BCUT2D eigenvalue weighted by atomic mass is 9.76. The number of aromatic nitrogens is 2. The number of para-hydroxylation sites is 2. The molecule has 248 valence electrons. The lowest BCUT2D eigenvalue weighted by molar-refractivity contribution is 0.0780. The van der Waals surface area contributed by atoms with Gasteiger partial charge in [-0.25, -0.2) is 4.98 Å². The van der Waals surface area contributed by atoms with Crippen LogP contribution in [0, 0.1) is 0 Å². The molecule has 9 heteroatoms. The van der Waals surface area contributed by atoms with Crippen LogP contribution >= 0.6 is 0 Å². The van der Waals surface area contributed by atoms with Gasteiger partial charge in [-0.15, -0.1) is 0 Å². The second-order valence-electron chi connectivity index (χ2n) is 12.5. The van der Waals surface area contributed by atoms with Gasteiger partial charge in [-0.3, -0.25) is 4.79 Å². The molecule has 3 heterocycles. The summed E-state index contributed by atoms with van der Waals surface area (Å²) in [4.78, 5) is 26.1. The number of rotatable bonds is 11. The fourth-order valence-electron chi connectivity index (χ4n) is 7.27. The number of ether oxygens (including phenoxy) is 3. The van der Waals surface area contributed by atoms with Gasteiger partial charge < -0.3 is 33.5 Å². The van der Waals surface area contributed by atoms with Crippen LogP contribution in [0.5, 0.6) is 17.2 Å². The van der Waals surface area contributed by atoms with Gasteiger partial charge in [0, 0.05) is 50.2 Å². The highest BCUT2D eigenvalue weighted by Gasteiger charge is 2.42. The molecule has 1 aromatic heterocycles. The zero-order chi connectivity index (χ0) is 32.8. The molecule has 0 spiro atoms. The topological polar surface area (TPSA) is 72.3 Å². The van der Waals surface area contributed by atoms with Crippen LogP contribution in [-0.2, 0) is 12.0 Å². The maximum absolute atomic E-state index is 13.9. The summed E-state index contributed by atoms with van der Waals surface area (Å²) in [6.45, 7) is 9.16. The number of nitrogens with zero attached hydrogens (tertiary/aromatic N) is 5. The SMILES string of the molecule is CC=CCn1c(N2CCCN(CCC3(c4ccccc4)CCN(C(=O)c4cc(OC)c(OC)c(OC)c4)C3)CC2)nc2ccccc21. The molecule has 2 aliphatic heterocycles. The summed E-state index contributed by atoms with van der Waals surface area (Å²) in [7, 11) is 4.72. The van der Waals surface area contributed by atoms with Crippen LogP contribution in [0.3, 0.4) is 0 Å². The van der Waals surface area contributed by atoms with Crippen molar-refractivity contribution in [1.29, 1.82) is 0 Å². The first-order valence-corrected chi connectivity index (χ1v) is 16.7. The Labute approximate surface area is 278 Å². The Balaban J connectivity index is 1.17. The molecule has 0 N–H and O–H groups in total. The predicted molar refractivity (Wildman–Crippen MR) is 187 cm³/mol. The van der Waals surface area contributed by atoms with Gasteiger partial charge in [0.25, 0.3) is 5.91 Å². The van der Waals surface area contributed by atoms with E-state index < -0.39 is 0 Å². The smallest absolute Gasteiger partial charge is 0.254 e. The normalized spacial score (nSPS) is 19.0. The molecule has 1 unspecified atom stereocenters. The number of amides is 1. The number of carbonyl (C=O) groups is 1. The van der Waals surface area contributed by atoms with Crippen LogP contribution in [0.4, 0.5) is 5.95 Å². The van der Waals surface area contributed by atoms with Crippen molar-refractivity contribution in [2.75, 3.05) is 72.0 Å². The number of allylic oxidation sites excluding steroid dienone is 2. The average molecular weight is 638 g/mol. The van der Waals surface area contributed by atoms with Crippen molar-refractivity contribution in [2.24, 2.45) is 0 Å². The number of benzene rings is 3. The maximum atomic E-state index is 13.9. The third kappa shape index (κ3) is 6.67. The van der Waals surface area contributed by atoms with Crippen LogP contribution in [0.25, 0.3) is 11.0 Å². The van der Waals surface area contributed by atoms with Gasteiger partial charge in [0.1, 0.15) is 0 Å². The van der Waals surface area contributed by atoms with E-state index in [1.54, 1.807) is 33.5 Å². The molecule has 1 atom stereocenters. The Hall–Kier alpha value is -4.50. The van der Waals surface area contributed by atoms with E-state index in [-0.39, 0.29) is 11.3 Å². The fraction of sp³-hybridized carbons (Fsp3) is 0.421. The van der Waals surface area contributed by atoms with E-state index in [1.165, 1.54) is 11.1 Å². The molecule has 0 radical (unpaired) electrons. The zero-order valence-electron chi connectivity index (χ0n) is 28.2. The van der Waals surface area contributed by atoms with E-state index in [9.17, 15) is 4.79 Å². The monoisotopic (exact) mass is 637 g/mol. The van der Waals surface area contributed by atoms with E-state index in [0.717, 1.165) is 70.0 Å². The van der Waals surface area contributed by atoms with Crippen molar-refractivity contribution in [3.05, 3.63) is 90.0 Å². The van der Waals surface area contributed by atoms with Gasteiger partial charge in [0.15, 0.2) is 11.5 Å². The molecule has 9 nitrogen and oxygen atoms in total. The van der Waals surface area contributed by atoms with E-state index in [0.29, 0.717) is 35.9 Å². The van der Waals surface area contributed by atoms with Gasteiger partial charge in [0.2, 0.25) is 11.7 Å². The maximum Gasteiger partial charge on any atom is 0.254 e. The summed E-state index contributed by atoms with van der Waals surface area (Å²) in [5.74, 6) is 2.49. The van der Waals surface area contributed by atoms with Gasteiger partial charge in [-0.1, -0.05) is 54.6 Å². The second kappa shape index (κ2) is 14.5. The first-order valence-electron chi connectivity index (χ1n) is 16.7. The summed E-state index contributed by atoms with van der Waals surface area (Å²) in [5, 5.41) is 0. The molecule has 47 heavy (non-hydrogen) atoms. The lowest BCUT2D eigenvalue weighted by Crippen LogP contribution is -2.39. The number of imidazole rings is 1. The van der Waals surface area contributed by atoms with Gasteiger partial charge in [0.05, 0.1) is 32.4 Å². The van der Waals surface area contributed by atoms with Crippen molar-refractivity contribution in [2.45, 2.75) is 38.1 Å². The van der Waals surface area contributed by atoms with Crippen LogP contribution in [0.1, 0.15) is 42.1 Å². The molecule has 6 rings (SSSR count). The minimum Gasteiger partial charge on any atom is -0.493 e. The number of hydrogen-bond donors (Lipinski definition) is 0. The highest BCUT2D eigenvalue weighted by atomic mass is 16.5. The van der Waals surface area contributed by atoms with Crippen LogP contribution < -0.4 is 19.1 Å². The zero-order valence-corrected chi connectivity index (χ0v) is 28.2. The quantitative estimate of drug-likeness (QED) is 0.186. The predicted octanol–water partition coefficient (Wildman–Crippen LogP) is 6.02. The van der Waals surface area contributed by atoms with Gasteiger partial charge in [-0.2, -0.15) is 0 Å². The number of anilines is 1. The second-order valence-corrected chi connectivity index (χ2v) is 12.5. The Kier molecular flexibility index (Phi) is 10.0. The molecule has 1 amide bonds. The van der Waals surface area contributed by atoms with Crippen LogP contribution in [-0.4, -0.2) is 92.4 Å². The van der Waals surface area contributed by atoms with Crippen LogP contribution in [0.2, 0.25) is 0 Å². The number of likely N-dealkylation sites (tertiary alicyclic amines) is 1. The Morgan fingerprint density at radius 1 is 0.894 bits per heavy atom. The molecule has 3 aromatic carbocycles. The largest absolute Gasteiger partial charge is 0.493 e. The van der Waals surface area contributed by atoms with Crippen LogP contribution in [0.15, 0.2) is 78.9 Å². The van der Waals surface area contributed by atoms with Gasteiger partial charge >= 0.3 is 0 Å². The Morgan fingerprint density at radius 2 is 1.64 bits per heavy atom. The molecular formula is C38H47N5O4. The standard InChI is InChI=1S/C38H47N5O4/c1-5-6-21-43-32-16-11-10-15-31(32)39-37(43)41-20-12-19-40(24-25-41)22-17-38(30-13-8-7-9-14-30)18-23-42(28-38)36(44)29-26-33(45-2)35(47-4)34(27-29)46-3/h5-11,13-16,26-27H,12,17-25,28H2,1-4H3. The summed E-state index contributed by atoms with van der Waals surface area (Å²) in [6, 6.07) is 22.7. The van der Waals surface area contributed by atoms with E-state index in [4.69, 9.17) is 19.2 Å². The minimum atomic E-state index is -0.121. The number of fused-ring (bicyclic) bond motifs is 1. The minimum absolute atomic E-state index is 0.0201. The fourth-order valence-corrected chi connectivity index (χ4v) is 7.27. The first-order chi connectivity index (χ1) is 23.0. The van der Waals surface area contributed by atoms with Crippen molar-refractivity contribution in [3.63, 3.8) is 0 Å². The third-order valence-electron chi connectivity index (χ3n) is 9.87. The average Bonchev–Trinajstić information content (AvgIpc) is 3.64. The Morgan fingerprint density at radius 3 is 2.36 bits per heavy atom. The number of hydrogen-bond acceptors (Lipinski definition) is 7. The summed E-state index contributed by atoms with van der Waals surface area (Å²) >= 11 is 0. The molecular weight excluding hydrogens is 590 g/mol. The summed E-state index contributed by atoms with van der Waals surface area (Å²) in [6.07, 6.45) is 7.28. The van der Waals surface area contributed by atoms with E-state index in [2.05, 4.69) is 88.0 Å². The van der Waals surface area contributed by atoms with E-state index in [1.807, 2.05) is 4.90 Å². The van der Waals surface area contributed by atoms with Crippen molar-refractivity contribution in [1.82, 2.24) is 19.4 Å². The van der Waals surface area contributed by atoms with Gasteiger partial charge in [-0.05, 0) is 69.1 Å². The molecule has 4 aromatic rings. The molecule has 0 aliphatic carbocycles. The van der Waals surface area contributed by atoms with E-state index >= 15 is 0 Å². The third-order valence-corrected chi connectivity index (χ3v) is 9.87. The highest BCUT2D eigenvalue weighted by molar-refractivity contribution is 5.96. The first kappa shape index (κ1) is 32.4. The van der Waals surface area contributed by atoms with Crippen molar-refractivity contribution in [3.8, 4) is 17.2 Å². The molecule has 2 aliphatic rings. The van der Waals surface area contributed by atoms with Crippen molar-refractivity contribution < 1.29 is 19.0 Å². The molecule has 2 fully saturated rings. The number of methoxy groups -OCH3 is 3. The number of carbonyl (C=O) groups excluding carboxylic acids is 1. The highest BCUT2D eigenvalue weighted by Crippen LogP contribution is 2.41. The van der Waals surface area contributed by atoms with Crippen molar-refractivity contribution >= 4 is 22.9 Å². The molecule has 0 bridgehead atoms. The molecule has 0 saturated carbocycles. The lowest BCUT2D eigenvalue weighted by Gasteiger charge is -2.33. The summed E-state index contributed by atoms with van der Waals surface area (Å²) in [5.41, 5.74) is 3.94. The summed E-state index contributed by atoms with van der Waals surface area (Å²) < 4.78 is 18.9. The molecule has 2 saturated heterocycles.